The molecule has 4 rings (SSSR count). The second kappa shape index (κ2) is 9.11. The van der Waals surface area contributed by atoms with Crippen molar-refractivity contribution in [3.05, 3.63) is 11.6 Å². The molecule has 0 heterocycles. The van der Waals surface area contributed by atoms with Crippen LogP contribution in [-0.2, 0) is 18.8 Å². The van der Waals surface area contributed by atoms with E-state index in [0.717, 1.165) is 6.42 Å². The monoisotopic (exact) mass is 502 g/mol. The second-order valence-electron chi connectivity index (χ2n) is 14.5. The molecular formula is C30H50O4Si. The van der Waals surface area contributed by atoms with E-state index in [-0.39, 0.29) is 28.3 Å². The highest BCUT2D eigenvalue weighted by molar-refractivity contribution is 6.74. The molecule has 0 spiro atoms. The average molecular weight is 503 g/mol. The zero-order chi connectivity index (χ0) is 26.0. The third-order valence-corrected chi connectivity index (χ3v) is 15.9. The zero-order valence-electron chi connectivity index (χ0n) is 23.8. The van der Waals surface area contributed by atoms with E-state index in [1.54, 1.807) is 0 Å². The van der Waals surface area contributed by atoms with Gasteiger partial charge in [0.1, 0.15) is 0 Å². The molecule has 0 unspecified atom stereocenters. The maximum absolute atomic E-state index is 13.5. The summed E-state index contributed by atoms with van der Waals surface area (Å²) in [4.78, 5) is 24.9. The summed E-state index contributed by atoms with van der Waals surface area (Å²) < 4.78 is 12.2. The predicted molar refractivity (Wildman–Crippen MR) is 143 cm³/mol. The summed E-state index contributed by atoms with van der Waals surface area (Å²) in [7, 11) is -1.76. The summed E-state index contributed by atoms with van der Waals surface area (Å²) in [6.07, 6.45) is 10.6. The first-order chi connectivity index (χ1) is 16.1. The van der Waals surface area contributed by atoms with Gasteiger partial charge in [0.2, 0.25) is 0 Å². The maximum Gasteiger partial charge on any atom is 0.302 e. The minimum atomic E-state index is -1.76. The van der Waals surface area contributed by atoms with Crippen molar-refractivity contribution in [1.29, 1.82) is 0 Å². The molecule has 0 N–H and O–H groups in total. The lowest BCUT2D eigenvalue weighted by molar-refractivity contribution is -0.144. The van der Waals surface area contributed by atoms with Crippen molar-refractivity contribution in [2.75, 3.05) is 6.61 Å². The van der Waals surface area contributed by atoms with Crippen LogP contribution in [0.1, 0.15) is 93.4 Å². The van der Waals surface area contributed by atoms with Crippen molar-refractivity contribution in [2.24, 2.45) is 40.4 Å². The molecule has 0 aromatic heterocycles. The number of hydrogen-bond acceptors (Lipinski definition) is 4. The Kier molecular flexibility index (Phi) is 7.06. The van der Waals surface area contributed by atoms with Crippen LogP contribution in [0.25, 0.3) is 0 Å². The van der Waals surface area contributed by atoms with E-state index >= 15 is 0 Å². The Balaban J connectivity index is 1.49. The first-order valence-corrected chi connectivity index (χ1v) is 17.1. The van der Waals surface area contributed by atoms with Gasteiger partial charge in [-0.1, -0.05) is 47.1 Å². The van der Waals surface area contributed by atoms with Gasteiger partial charge in [-0.25, -0.2) is 0 Å². The Bertz CT molecular complexity index is 885. The molecule has 4 aliphatic rings. The van der Waals surface area contributed by atoms with Gasteiger partial charge in [0, 0.05) is 24.9 Å². The van der Waals surface area contributed by atoms with E-state index in [0.29, 0.717) is 41.7 Å². The lowest BCUT2D eigenvalue weighted by Crippen LogP contribution is -2.56. The van der Waals surface area contributed by atoms with Gasteiger partial charge in [0.05, 0.1) is 6.61 Å². The van der Waals surface area contributed by atoms with Crippen LogP contribution in [0.4, 0.5) is 0 Å². The molecule has 0 saturated heterocycles. The Morgan fingerprint density at radius 2 is 1.83 bits per heavy atom. The van der Waals surface area contributed by atoms with Gasteiger partial charge in [-0.15, -0.1) is 0 Å². The van der Waals surface area contributed by atoms with Crippen LogP contribution in [0.2, 0.25) is 18.1 Å². The lowest BCUT2D eigenvalue weighted by Gasteiger charge is -2.61. The number of ether oxygens (including phenoxy) is 1. The molecule has 198 valence electrons. The van der Waals surface area contributed by atoms with Crippen molar-refractivity contribution >= 4 is 20.1 Å². The second-order valence-corrected chi connectivity index (χ2v) is 19.2. The van der Waals surface area contributed by atoms with Gasteiger partial charge in [-0.05, 0) is 97.7 Å². The molecule has 0 amide bonds. The molecule has 0 aliphatic heterocycles. The molecule has 35 heavy (non-hydrogen) atoms. The fourth-order valence-electron chi connectivity index (χ4n) is 8.42. The van der Waals surface area contributed by atoms with Crippen LogP contribution in [0.3, 0.4) is 0 Å². The highest BCUT2D eigenvalue weighted by Crippen LogP contribution is 2.66. The Labute approximate surface area is 215 Å². The van der Waals surface area contributed by atoms with E-state index < -0.39 is 8.32 Å². The summed E-state index contributed by atoms with van der Waals surface area (Å²) in [5, 5.41) is 0.249. The summed E-state index contributed by atoms with van der Waals surface area (Å²) in [5.41, 5.74) is 1.47. The number of fused-ring (bicyclic) bond motifs is 5. The van der Waals surface area contributed by atoms with Crippen molar-refractivity contribution < 1.29 is 18.8 Å². The number of rotatable bonds is 5. The minimum Gasteiger partial charge on any atom is -0.465 e. The molecule has 0 aromatic carbocycles. The number of ketones is 1. The molecule has 3 saturated carbocycles. The van der Waals surface area contributed by atoms with E-state index in [1.807, 2.05) is 6.08 Å². The van der Waals surface area contributed by atoms with E-state index in [4.69, 9.17) is 9.16 Å². The first kappa shape index (κ1) is 27.1. The highest BCUT2D eigenvalue weighted by atomic mass is 28.4. The Hall–Kier alpha value is -0.943. The van der Waals surface area contributed by atoms with Gasteiger partial charge < -0.3 is 9.16 Å². The molecule has 4 nitrogen and oxygen atoms in total. The minimum absolute atomic E-state index is 0.0797. The number of esters is 1. The van der Waals surface area contributed by atoms with Crippen molar-refractivity contribution in [2.45, 2.75) is 118 Å². The molecule has 0 bridgehead atoms. The van der Waals surface area contributed by atoms with Gasteiger partial charge in [-0.2, -0.15) is 0 Å². The van der Waals surface area contributed by atoms with Crippen molar-refractivity contribution in [3.63, 3.8) is 0 Å². The third kappa shape index (κ3) is 4.62. The molecule has 5 heteroatoms. The predicted octanol–water partition coefficient (Wildman–Crippen LogP) is 7.33. The standard InChI is InChI=1S/C30H50O4Si/c1-19(18-33-20(2)31)25-17-26(32)27-23-11-10-21-16-22(34-35(8,9)28(3,4)5)12-14-29(21,6)24(23)13-15-30(25,27)7/h17,19,21-24,27H,10-16,18H2,1-9H3/t19-,21-,22-,23+,24-,27+,29-,30+/m0/s1. The van der Waals surface area contributed by atoms with Gasteiger partial charge in [0.15, 0.2) is 14.1 Å². The van der Waals surface area contributed by atoms with Crippen LogP contribution in [0.15, 0.2) is 11.6 Å². The van der Waals surface area contributed by atoms with Crippen LogP contribution < -0.4 is 0 Å². The summed E-state index contributed by atoms with van der Waals surface area (Å²) >= 11 is 0. The summed E-state index contributed by atoms with van der Waals surface area (Å²) in [6.45, 7) is 20.6. The number of carbonyl (C=O) groups is 2. The van der Waals surface area contributed by atoms with Gasteiger partial charge in [-0.3, -0.25) is 9.59 Å². The number of allylic oxidation sites excluding steroid dienone is 1. The Morgan fingerprint density at radius 3 is 2.46 bits per heavy atom. The van der Waals surface area contributed by atoms with Crippen LogP contribution in [0.5, 0.6) is 0 Å². The number of hydrogen-bond donors (Lipinski definition) is 0. The largest absolute Gasteiger partial charge is 0.465 e. The molecule has 8 atom stereocenters. The third-order valence-electron chi connectivity index (χ3n) is 11.4. The molecule has 4 aliphatic carbocycles. The van der Waals surface area contributed by atoms with E-state index in [9.17, 15) is 9.59 Å². The average Bonchev–Trinajstić information content (AvgIpc) is 3.02. The smallest absolute Gasteiger partial charge is 0.302 e. The molecule has 0 aromatic rings. The van der Waals surface area contributed by atoms with Crippen LogP contribution in [0, 0.1) is 40.4 Å². The zero-order valence-corrected chi connectivity index (χ0v) is 24.8. The van der Waals surface area contributed by atoms with Crippen LogP contribution >= 0.6 is 0 Å². The number of carbonyl (C=O) groups excluding carboxylic acids is 2. The highest BCUT2D eigenvalue weighted by Gasteiger charge is 2.61. The molecular weight excluding hydrogens is 452 g/mol. The first-order valence-electron chi connectivity index (χ1n) is 14.2. The van der Waals surface area contributed by atoms with Gasteiger partial charge in [0.25, 0.3) is 0 Å². The molecule has 3 fully saturated rings. The van der Waals surface area contributed by atoms with E-state index in [1.165, 1.54) is 51.0 Å². The van der Waals surface area contributed by atoms with Crippen molar-refractivity contribution in [3.8, 4) is 0 Å². The van der Waals surface area contributed by atoms with Crippen molar-refractivity contribution in [1.82, 2.24) is 0 Å². The topological polar surface area (TPSA) is 52.6 Å². The SMILES string of the molecule is CC(=O)OC[C@H](C)C1=CC(=O)[C@H]2[C@@H]3CC[C@H]4C[C@@H](O[Si](C)(C)C(C)(C)C)CC[C@]4(C)[C@H]3CC[C@]12C. The quantitative estimate of drug-likeness (QED) is 0.292. The van der Waals surface area contributed by atoms with E-state index in [2.05, 4.69) is 54.6 Å². The summed E-state index contributed by atoms with van der Waals surface area (Å²) in [6, 6.07) is 0. The summed E-state index contributed by atoms with van der Waals surface area (Å²) in [5.74, 6) is 2.13. The fourth-order valence-corrected chi connectivity index (χ4v) is 9.82. The molecule has 0 radical (unpaired) electrons. The maximum atomic E-state index is 13.5. The lowest BCUT2D eigenvalue weighted by atomic mass is 9.44. The van der Waals surface area contributed by atoms with Gasteiger partial charge >= 0.3 is 5.97 Å². The fraction of sp³-hybridized carbons (Fsp3) is 0.867. The Morgan fingerprint density at radius 1 is 1.14 bits per heavy atom. The normalized spacial score (nSPS) is 40.3. The van der Waals surface area contributed by atoms with Crippen LogP contribution in [-0.4, -0.2) is 32.8 Å².